The summed E-state index contributed by atoms with van der Waals surface area (Å²) in [6.07, 6.45) is 13.2. The summed E-state index contributed by atoms with van der Waals surface area (Å²) in [7, 11) is 1.64. The first-order valence-corrected chi connectivity index (χ1v) is 26.4. The Morgan fingerprint density at radius 1 is 0.838 bits per heavy atom. The summed E-state index contributed by atoms with van der Waals surface area (Å²) in [5, 5.41) is 17.1. The van der Waals surface area contributed by atoms with Crippen LogP contribution < -0.4 is 30.9 Å². The van der Waals surface area contributed by atoms with E-state index in [0.29, 0.717) is 70.0 Å². The summed E-state index contributed by atoms with van der Waals surface area (Å²) in [5.41, 5.74) is 8.17. The van der Waals surface area contributed by atoms with Crippen molar-refractivity contribution in [1.82, 2.24) is 28.9 Å². The van der Waals surface area contributed by atoms with E-state index in [-0.39, 0.29) is 58.5 Å². The summed E-state index contributed by atoms with van der Waals surface area (Å²) in [4.78, 5) is 87.7. The Kier molecular flexibility index (Phi) is 12.8. The number of piperazine rings is 1. The standard InChI is InChI=1S/C57H67N11O6/c1-7-50(70)60-45-27-37(59-51-56(74)62(6)32-46(61-51)41-17-19-58-52(44(41)33-69)67-24-23-66-48(55(67)73)26-36-29-57(4,5)30-49(36)66)13-16-47(45)65-22-21-63(31-35(65)3)39-18-20-64(34(2)25-39)40-14-15-42-43(28-40)54(72)68(53(42)71)38-11-9-8-10-12-38/h7,13-17,19,26-28,32,34-35,38-39,69H,1,8-12,18,20-25,29-31,33H2,2-6H3,(H,59,61)(H,60,70)/t34-,35-,39?/m0/s1. The molecule has 4 aliphatic heterocycles. The number of pyridine rings is 1. The normalized spacial score (nSPS) is 22.0. The van der Waals surface area contributed by atoms with E-state index in [4.69, 9.17) is 4.98 Å². The van der Waals surface area contributed by atoms with Gasteiger partial charge < -0.3 is 34.7 Å². The number of anilines is 6. The summed E-state index contributed by atoms with van der Waals surface area (Å²) >= 11 is 0. The number of aliphatic hydroxyl groups excluding tert-OH is 1. The van der Waals surface area contributed by atoms with Crippen molar-refractivity contribution in [3.8, 4) is 11.3 Å². The van der Waals surface area contributed by atoms with Gasteiger partial charge in [-0.1, -0.05) is 39.7 Å². The number of hydrogen-bond donors (Lipinski definition) is 3. The Morgan fingerprint density at radius 3 is 2.39 bits per heavy atom. The minimum atomic E-state index is -0.413. The average Bonchev–Trinajstić information content (AvgIpc) is 3.98. The summed E-state index contributed by atoms with van der Waals surface area (Å²) in [6.45, 7) is 16.4. The van der Waals surface area contributed by atoms with Gasteiger partial charge in [-0.3, -0.25) is 38.7 Å². The number of aliphatic hydroxyl groups is 1. The highest BCUT2D eigenvalue weighted by Gasteiger charge is 2.42. The number of nitrogens with one attached hydrogen (secondary N) is 2. The second kappa shape index (κ2) is 19.3. The van der Waals surface area contributed by atoms with E-state index >= 15 is 0 Å². The lowest BCUT2D eigenvalue weighted by Crippen LogP contribution is -2.58. The maximum absolute atomic E-state index is 14.1. The topological polar surface area (TPSA) is 181 Å². The highest BCUT2D eigenvalue weighted by atomic mass is 16.3. The Hall–Kier alpha value is -7.11. The minimum Gasteiger partial charge on any atom is -0.392 e. The highest BCUT2D eigenvalue weighted by Crippen LogP contribution is 2.41. The van der Waals surface area contributed by atoms with Crippen molar-refractivity contribution in [1.29, 1.82) is 0 Å². The minimum absolute atomic E-state index is 0.00313. The van der Waals surface area contributed by atoms with Gasteiger partial charge in [-0.25, -0.2) is 9.97 Å². The molecule has 6 aliphatic rings. The maximum atomic E-state index is 14.1. The third-order valence-corrected chi connectivity index (χ3v) is 16.6. The van der Waals surface area contributed by atoms with Crippen LogP contribution in [0.15, 0.2) is 78.4 Å². The van der Waals surface area contributed by atoms with Crippen LogP contribution >= 0.6 is 0 Å². The molecule has 17 heteroatoms. The number of aromatic nitrogens is 4. The quantitative estimate of drug-likeness (QED) is 0.0890. The Balaban J connectivity index is 0.779. The van der Waals surface area contributed by atoms with Gasteiger partial charge in [-0.15, -0.1) is 0 Å². The van der Waals surface area contributed by atoms with Gasteiger partial charge in [-0.05, 0) is 118 Å². The van der Waals surface area contributed by atoms with Gasteiger partial charge in [0.1, 0.15) is 11.5 Å². The van der Waals surface area contributed by atoms with Crippen LogP contribution in [0.3, 0.4) is 0 Å². The third-order valence-electron chi connectivity index (χ3n) is 16.6. The number of carbonyl (C=O) groups excluding carboxylic acids is 4. The fourth-order valence-corrected chi connectivity index (χ4v) is 13.0. The van der Waals surface area contributed by atoms with E-state index in [1.807, 2.05) is 36.4 Å². The number of aryl methyl sites for hydroxylation is 1. The zero-order chi connectivity index (χ0) is 51.7. The largest absolute Gasteiger partial charge is 0.392 e. The van der Waals surface area contributed by atoms with Crippen LogP contribution in [0.5, 0.6) is 0 Å². The van der Waals surface area contributed by atoms with Crippen LogP contribution in [0.1, 0.15) is 121 Å². The number of imide groups is 1. The van der Waals surface area contributed by atoms with E-state index in [2.05, 4.69) is 69.2 Å². The van der Waals surface area contributed by atoms with Crippen molar-refractivity contribution < 1.29 is 24.3 Å². The molecule has 11 rings (SSSR count). The molecule has 3 fully saturated rings. The summed E-state index contributed by atoms with van der Waals surface area (Å²) in [6, 6.07) is 15.9. The SMILES string of the molecule is C=CC(=O)Nc1cc(Nc2nc(-c3ccnc(N4CCn5c(cc6c5CC(C)(C)C6)C4=O)c3CO)cn(C)c2=O)ccc1N1CCN(C2CCN(c3ccc4c(c3)C(=O)N(C3CCCCC3)C4=O)[C@@H](C)C2)C[C@@H]1C. The fraction of sp³-hybridized carbons (Fsp3) is 0.456. The molecule has 2 aliphatic carbocycles. The molecule has 74 heavy (non-hydrogen) atoms. The van der Waals surface area contributed by atoms with Crippen molar-refractivity contribution >= 4 is 58.0 Å². The van der Waals surface area contributed by atoms with Crippen LogP contribution in [0, 0.1) is 5.41 Å². The molecule has 17 nitrogen and oxygen atoms in total. The first-order chi connectivity index (χ1) is 35.6. The van der Waals surface area contributed by atoms with Gasteiger partial charge in [-0.2, -0.15) is 0 Å². The second-order valence-electron chi connectivity index (χ2n) is 22.1. The molecule has 5 aromatic rings. The monoisotopic (exact) mass is 1000 g/mol. The number of hydrogen-bond acceptors (Lipinski definition) is 12. The molecule has 4 amide bonds. The molecule has 3 N–H and O–H groups in total. The van der Waals surface area contributed by atoms with Gasteiger partial charge in [0.25, 0.3) is 23.3 Å². The summed E-state index contributed by atoms with van der Waals surface area (Å²) in [5.74, 6) is -0.445. The molecule has 2 saturated heterocycles. The van der Waals surface area contributed by atoms with Gasteiger partial charge >= 0.3 is 0 Å². The number of fused-ring (bicyclic) bond motifs is 4. The molecule has 7 heterocycles. The Labute approximate surface area is 431 Å². The van der Waals surface area contributed by atoms with Gasteiger partial charge in [0, 0.05) is 111 Å². The van der Waals surface area contributed by atoms with Crippen molar-refractivity contribution in [2.75, 3.05) is 58.1 Å². The molecule has 1 saturated carbocycles. The lowest BCUT2D eigenvalue weighted by Gasteiger charge is -2.48. The number of piperidine rings is 1. The molecule has 2 aromatic carbocycles. The average molecular weight is 1000 g/mol. The number of nitrogens with zero attached hydrogens (tertiary/aromatic N) is 9. The maximum Gasteiger partial charge on any atom is 0.293 e. The van der Waals surface area contributed by atoms with Crippen molar-refractivity contribution in [2.45, 2.75) is 123 Å². The van der Waals surface area contributed by atoms with E-state index in [9.17, 15) is 29.1 Å². The van der Waals surface area contributed by atoms with Crippen LogP contribution in [-0.4, -0.2) is 115 Å². The van der Waals surface area contributed by atoms with Gasteiger partial charge in [0.05, 0.1) is 34.8 Å². The van der Waals surface area contributed by atoms with Crippen molar-refractivity contribution in [3.63, 3.8) is 0 Å². The third kappa shape index (κ3) is 8.76. The lowest BCUT2D eigenvalue weighted by atomic mass is 9.90. The van der Waals surface area contributed by atoms with Gasteiger partial charge in [0.15, 0.2) is 5.82 Å². The molecule has 1 unspecified atom stereocenters. The first kappa shape index (κ1) is 49.1. The molecule has 3 aromatic heterocycles. The van der Waals surface area contributed by atoms with Gasteiger partial charge in [0.2, 0.25) is 5.91 Å². The molecule has 0 spiro atoms. The predicted octanol–water partition coefficient (Wildman–Crippen LogP) is 7.29. The first-order valence-electron chi connectivity index (χ1n) is 26.4. The molecular weight excluding hydrogens is 935 g/mol. The molecule has 3 atom stereocenters. The van der Waals surface area contributed by atoms with Crippen LogP contribution in [0.4, 0.5) is 34.4 Å². The number of rotatable bonds is 11. The van der Waals surface area contributed by atoms with E-state index in [1.54, 1.807) is 36.5 Å². The smallest absolute Gasteiger partial charge is 0.293 e. The molecule has 386 valence electrons. The van der Waals surface area contributed by atoms with Crippen molar-refractivity contribution in [3.05, 3.63) is 118 Å². The van der Waals surface area contributed by atoms with Crippen LogP contribution in [-0.2, 0) is 37.8 Å². The zero-order valence-corrected chi connectivity index (χ0v) is 43.2. The second-order valence-corrected chi connectivity index (χ2v) is 22.1. The van der Waals surface area contributed by atoms with E-state index < -0.39 is 6.61 Å². The van der Waals surface area contributed by atoms with E-state index in [1.165, 1.54) is 26.8 Å². The predicted molar refractivity (Wildman–Crippen MR) is 287 cm³/mol. The number of carbonyl (C=O) groups is 4. The molecule has 0 bridgehead atoms. The molecular formula is C57H67N11O6. The van der Waals surface area contributed by atoms with Crippen molar-refractivity contribution in [2.24, 2.45) is 12.5 Å². The fourth-order valence-electron chi connectivity index (χ4n) is 13.0. The number of benzene rings is 2. The number of amides is 4. The lowest BCUT2D eigenvalue weighted by molar-refractivity contribution is -0.111. The summed E-state index contributed by atoms with van der Waals surface area (Å²) < 4.78 is 3.57. The molecule has 0 radical (unpaired) electrons. The Morgan fingerprint density at radius 2 is 1.64 bits per heavy atom. The highest BCUT2D eigenvalue weighted by molar-refractivity contribution is 6.22. The van der Waals surface area contributed by atoms with E-state index in [0.717, 1.165) is 95.3 Å². The Bertz CT molecular complexity index is 3170. The van der Waals surface area contributed by atoms with Crippen LogP contribution in [0.2, 0.25) is 0 Å². The van der Waals surface area contributed by atoms with Crippen LogP contribution in [0.25, 0.3) is 11.3 Å². The zero-order valence-electron chi connectivity index (χ0n) is 43.2.